The van der Waals surface area contributed by atoms with E-state index in [1.807, 2.05) is 0 Å². The molecule has 1 aromatic rings. The maximum atomic E-state index is 10.6. The van der Waals surface area contributed by atoms with Crippen LogP contribution in [-0.2, 0) is 0 Å². The van der Waals surface area contributed by atoms with Crippen LogP contribution >= 0.6 is 11.3 Å². The predicted octanol–water partition coefficient (Wildman–Crippen LogP) is 7.04. The van der Waals surface area contributed by atoms with E-state index in [0.717, 1.165) is 41.2 Å². The summed E-state index contributed by atoms with van der Waals surface area (Å²) in [4.78, 5) is 1.11. The number of thiophene rings is 1. The largest absolute Gasteiger partial charge is 0.393 e. The summed E-state index contributed by atoms with van der Waals surface area (Å²) >= 11 is 1.68. The Morgan fingerprint density at radius 1 is 1.24 bits per heavy atom. The van der Waals surface area contributed by atoms with Crippen molar-refractivity contribution in [2.75, 3.05) is 0 Å². The Morgan fingerprint density at radius 3 is 2.76 bits per heavy atom. The molecule has 188 valence electrons. The van der Waals surface area contributed by atoms with Gasteiger partial charge in [-0.2, -0.15) is 0 Å². The van der Waals surface area contributed by atoms with Gasteiger partial charge in [0.15, 0.2) is 0 Å². The first kappa shape index (κ1) is 25.9. The molecule has 7 atom stereocenters. The molecule has 3 N–H and O–H groups in total. The standard InChI is InChI=1S/C30H44O3S/c1-19-15-29(34-18-19)27(32)9-5-7-20(2)25-12-13-26-22(8-6-14-30(25,26)4)10-11-23-16-24(31)17-28(33)21(23)3/h10-11,15,18,20,24-28,31-33H,3,5-9,12-14,16-17H2,1-2,4H3/b22-10+,23-11-/t20-,24-,25-,26+,27-,28+,30-/m1/s1. The average Bonchev–Trinajstić information content (AvgIpc) is 3.38. The predicted molar refractivity (Wildman–Crippen MR) is 142 cm³/mol. The van der Waals surface area contributed by atoms with E-state index in [1.54, 1.807) is 16.9 Å². The van der Waals surface area contributed by atoms with E-state index in [9.17, 15) is 15.3 Å². The van der Waals surface area contributed by atoms with Gasteiger partial charge in [-0.15, -0.1) is 11.3 Å². The van der Waals surface area contributed by atoms with Crippen LogP contribution in [0.4, 0.5) is 0 Å². The molecule has 4 rings (SSSR count). The first-order valence-corrected chi connectivity index (χ1v) is 14.2. The zero-order valence-corrected chi connectivity index (χ0v) is 22.1. The van der Waals surface area contributed by atoms with Crippen LogP contribution in [0.3, 0.4) is 0 Å². The van der Waals surface area contributed by atoms with Crippen LogP contribution in [0.15, 0.2) is 46.9 Å². The molecule has 0 unspecified atom stereocenters. The number of hydrogen-bond donors (Lipinski definition) is 3. The monoisotopic (exact) mass is 484 g/mol. The van der Waals surface area contributed by atoms with Crippen LogP contribution in [0, 0.1) is 30.1 Å². The van der Waals surface area contributed by atoms with Crippen molar-refractivity contribution in [3.8, 4) is 0 Å². The lowest BCUT2D eigenvalue weighted by Crippen LogP contribution is -2.36. The van der Waals surface area contributed by atoms with Gasteiger partial charge in [-0.1, -0.05) is 51.0 Å². The molecule has 0 spiro atoms. The Balaban J connectivity index is 1.38. The second kappa shape index (κ2) is 10.8. The highest BCUT2D eigenvalue weighted by Gasteiger charge is 2.50. The molecular formula is C30H44O3S. The highest BCUT2D eigenvalue weighted by Crippen LogP contribution is 2.60. The summed E-state index contributed by atoms with van der Waals surface area (Å²) in [6, 6.07) is 2.12. The summed E-state index contributed by atoms with van der Waals surface area (Å²) < 4.78 is 0. The molecule has 3 nitrogen and oxygen atoms in total. The van der Waals surface area contributed by atoms with E-state index < -0.39 is 12.2 Å². The van der Waals surface area contributed by atoms with Crippen molar-refractivity contribution < 1.29 is 15.3 Å². The van der Waals surface area contributed by atoms with Gasteiger partial charge in [0, 0.05) is 11.3 Å². The molecule has 0 bridgehead atoms. The van der Waals surface area contributed by atoms with Crippen LogP contribution < -0.4 is 0 Å². The van der Waals surface area contributed by atoms with E-state index in [2.05, 4.69) is 50.9 Å². The van der Waals surface area contributed by atoms with Gasteiger partial charge >= 0.3 is 0 Å². The molecule has 34 heavy (non-hydrogen) atoms. The molecular weight excluding hydrogens is 440 g/mol. The molecule has 0 aromatic carbocycles. The number of allylic oxidation sites excluding steroid dienone is 3. The van der Waals surface area contributed by atoms with Crippen LogP contribution in [0.5, 0.6) is 0 Å². The van der Waals surface area contributed by atoms with Crippen molar-refractivity contribution in [2.24, 2.45) is 23.2 Å². The summed E-state index contributed by atoms with van der Waals surface area (Å²) in [5, 5.41) is 32.9. The van der Waals surface area contributed by atoms with Gasteiger partial charge in [-0.05, 0) is 103 Å². The SMILES string of the molecule is C=C1/C(=C\C=C2/CCC[C@]3(C)[C@@H]([C@H](C)CCC[C@@H](O)c4cc(C)cs4)CC[C@@H]23)C[C@@H](O)C[C@@H]1O. The third kappa shape index (κ3) is 5.46. The Bertz CT molecular complexity index is 927. The molecule has 0 amide bonds. The summed E-state index contributed by atoms with van der Waals surface area (Å²) in [6.07, 6.45) is 13.4. The second-order valence-corrected chi connectivity index (χ2v) is 12.6. The number of hydrogen-bond acceptors (Lipinski definition) is 4. The maximum absolute atomic E-state index is 10.6. The van der Waals surface area contributed by atoms with Gasteiger partial charge in [0.1, 0.15) is 0 Å². The second-order valence-electron chi connectivity index (χ2n) is 11.6. The van der Waals surface area contributed by atoms with E-state index in [1.165, 1.54) is 37.7 Å². The maximum Gasteiger partial charge on any atom is 0.0882 e. The van der Waals surface area contributed by atoms with Crippen LogP contribution in [0.2, 0.25) is 0 Å². The number of fused-ring (bicyclic) bond motifs is 1. The van der Waals surface area contributed by atoms with E-state index >= 15 is 0 Å². The first-order chi connectivity index (χ1) is 16.2. The smallest absolute Gasteiger partial charge is 0.0882 e. The topological polar surface area (TPSA) is 60.7 Å². The minimum Gasteiger partial charge on any atom is -0.393 e. The van der Waals surface area contributed by atoms with Crippen LogP contribution in [0.1, 0.15) is 94.6 Å². The fraction of sp³-hybridized carbons (Fsp3) is 0.667. The zero-order valence-electron chi connectivity index (χ0n) is 21.3. The Morgan fingerprint density at radius 2 is 2.03 bits per heavy atom. The Labute approximate surface area is 210 Å². The Hall–Kier alpha value is -1.20. The zero-order chi connectivity index (χ0) is 24.5. The minimum atomic E-state index is -0.621. The van der Waals surface area contributed by atoms with Gasteiger partial charge in [0.05, 0.1) is 18.3 Å². The third-order valence-corrected chi connectivity index (χ3v) is 10.4. The number of aliphatic hydroxyl groups excluding tert-OH is 3. The van der Waals surface area contributed by atoms with Crippen molar-refractivity contribution in [1.29, 1.82) is 0 Å². The highest BCUT2D eigenvalue weighted by atomic mass is 32.1. The first-order valence-electron chi connectivity index (χ1n) is 13.4. The van der Waals surface area contributed by atoms with Crippen LogP contribution in [-0.4, -0.2) is 27.5 Å². The molecule has 3 aliphatic carbocycles. The van der Waals surface area contributed by atoms with Gasteiger partial charge in [0.2, 0.25) is 0 Å². The molecule has 3 fully saturated rings. The molecule has 1 heterocycles. The summed E-state index contributed by atoms with van der Waals surface area (Å²) in [7, 11) is 0. The average molecular weight is 485 g/mol. The molecule has 1 aromatic heterocycles. The normalized spacial score (nSPS) is 36.1. The minimum absolute atomic E-state index is 0.318. The number of aliphatic hydroxyl groups is 3. The van der Waals surface area contributed by atoms with Crippen molar-refractivity contribution in [2.45, 2.75) is 103 Å². The van der Waals surface area contributed by atoms with Crippen molar-refractivity contribution in [3.05, 3.63) is 57.3 Å². The quantitative estimate of drug-likeness (QED) is 0.389. The lowest BCUT2D eigenvalue weighted by molar-refractivity contribution is 0.0860. The summed E-state index contributed by atoms with van der Waals surface area (Å²) in [5.41, 5.74) is 4.94. The van der Waals surface area contributed by atoms with Crippen molar-refractivity contribution in [3.63, 3.8) is 0 Å². The number of aryl methyl sites for hydroxylation is 1. The van der Waals surface area contributed by atoms with Gasteiger partial charge in [-0.25, -0.2) is 0 Å². The fourth-order valence-electron chi connectivity index (χ4n) is 7.28. The Kier molecular flexibility index (Phi) is 8.24. The van der Waals surface area contributed by atoms with Gasteiger partial charge in [0.25, 0.3) is 0 Å². The number of rotatable bonds is 7. The van der Waals surface area contributed by atoms with Crippen LogP contribution in [0.25, 0.3) is 0 Å². The molecule has 0 radical (unpaired) electrons. The lowest BCUT2D eigenvalue weighted by Gasteiger charge is -2.44. The molecule has 3 aliphatic rings. The van der Waals surface area contributed by atoms with E-state index in [-0.39, 0.29) is 6.10 Å². The molecule has 4 heteroatoms. The third-order valence-electron chi connectivity index (χ3n) is 9.21. The molecule has 0 saturated heterocycles. The summed E-state index contributed by atoms with van der Waals surface area (Å²) in [6.45, 7) is 11.1. The lowest BCUT2D eigenvalue weighted by atomic mass is 9.60. The summed E-state index contributed by atoms with van der Waals surface area (Å²) in [5.74, 6) is 2.05. The molecule has 0 aliphatic heterocycles. The molecule has 3 saturated carbocycles. The van der Waals surface area contributed by atoms with Crippen molar-refractivity contribution in [1.82, 2.24) is 0 Å². The fourth-order valence-corrected chi connectivity index (χ4v) is 8.20. The van der Waals surface area contributed by atoms with Gasteiger partial charge in [-0.3, -0.25) is 0 Å². The highest BCUT2D eigenvalue weighted by molar-refractivity contribution is 7.10. The van der Waals surface area contributed by atoms with E-state index in [0.29, 0.717) is 30.1 Å². The van der Waals surface area contributed by atoms with E-state index in [4.69, 9.17) is 0 Å². The van der Waals surface area contributed by atoms with Crippen molar-refractivity contribution >= 4 is 11.3 Å². The van der Waals surface area contributed by atoms with Gasteiger partial charge < -0.3 is 15.3 Å².